The summed E-state index contributed by atoms with van der Waals surface area (Å²) in [6, 6.07) is 3.04. The number of benzene rings is 1. The molecule has 0 atom stereocenters. The molecular weight excluding hydrogens is 338 g/mol. The highest BCUT2D eigenvalue weighted by molar-refractivity contribution is 7.89. The molecule has 0 radical (unpaired) electrons. The van der Waals surface area contributed by atoms with E-state index in [-0.39, 0.29) is 13.1 Å². The third-order valence-corrected chi connectivity index (χ3v) is 6.11. The second kappa shape index (κ2) is 6.14. The first-order valence-electron chi connectivity index (χ1n) is 7.53. The predicted molar refractivity (Wildman–Crippen MR) is 85.4 cm³/mol. The molecule has 2 aromatic rings. The summed E-state index contributed by atoms with van der Waals surface area (Å²) in [4.78, 5) is 1.15. The summed E-state index contributed by atoms with van der Waals surface area (Å²) in [5.41, 5.74) is 2.69. The molecule has 0 spiro atoms. The minimum Gasteiger partial charge on any atom is -0.366 e. The molecule has 24 heavy (non-hydrogen) atoms. The van der Waals surface area contributed by atoms with Crippen molar-refractivity contribution >= 4 is 15.7 Å². The lowest BCUT2D eigenvalue weighted by atomic mass is 10.2. The third-order valence-electron chi connectivity index (χ3n) is 4.16. The topological polar surface area (TPSA) is 69.3 Å². The molecule has 130 valence electrons. The van der Waals surface area contributed by atoms with Gasteiger partial charge in [-0.15, -0.1) is 0 Å². The van der Waals surface area contributed by atoms with Crippen LogP contribution in [-0.4, -0.2) is 49.1 Å². The van der Waals surface area contributed by atoms with E-state index >= 15 is 0 Å². The summed E-state index contributed by atoms with van der Waals surface area (Å²) in [7, 11) is -4.20. The van der Waals surface area contributed by atoms with Crippen molar-refractivity contribution in [1.29, 1.82) is 0 Å². The molecule has 0 unspecified atom stereocenters. The lowest BCUT2D eigenvalue weighted by molar-refractivity contribution is 0.378. The third kappa shape index (κ3) is 2.78. The quantitative estimate of drug-likeness (QED) is 0.911. The van der Waals surface area contributed by atoms with E-state index in [0.717, 1.165) is 39.6 Å². The van der Waals surface area contributed by atoms with Crippen LogP contribution >= 0.6 is 0 Å². The molecule has 3 rings (SSSR count). The van der Waals surface area contributed by atoms with Crippen LogP contribution in [0.25, 0.3) is 0 Å². The standard InChI is InChI=1S/C15H18F2N4O2S/c1-10-14(11(2)19-18-10)20-6-8-21(9-7-20)24(22,23)15-12(16)4-3-5-13(15)17/h3-5H,6-9H2,1-2H3,(H,18,19). The number of rotatable bonds is 3. The zero-order valence-electron chi connectivity index (χ0n) is 13.4. The molecule has 0 amide bonds. The van der Waals surface area contributed by atoms with E-state index in [4.69, 9.17) is 0 Å². The minimum atomic E-state index is -4.20. The maximum atomic E-state index is 13.8. The van der Waals surface area contributed by atoms with Gasteiger partial charge in [-0.2, -0.15) is 9.40 Å². The molecule has 1 aromatic heterocycles. The maximum absolute atomic E-state index is 13.8. The lowest BCUT2D eigenvalue weighted by Gasteiger charge is -2.35. The van der Waals surface area contributed by atoms with Crippen molar-refractivity contribution in [1.82, 2.24) is 14.5 Å². The first kappa shape index (κ1) is 16.8. The van der Waals surface area contributed by atoms with Crippen LogP contribution in [0.5, 0.6) is 0 Å². The number of nitrogens with one attached hydrogen (secondary N) is 1. The van der Waals surface area contributed by atoms with E-state index in [0.29, 0.717) is 13.1 Å². The molecular formula is C15H18F2N4O2S. The van der Waals surface area contributed by atoms with Crippen LogP contribution < -0.4 is 4.90 Å². The van der Waals surface area contributed by atoms with Gasteiger partial charge in [0.15, 0.2) is 4.90 Å². The number of halogens is 2. The monoisotopic (exact) mass is 356 g/mol. The van der Waals surface area contributed by atoms with Gasteiger partial charge in [-0.1, -0.05) is 6.07 Å². The Morgan fingerprint density at radius 3 is 2.17 bits per heavy atom. The van der Waals surface area contributed by atoms with E-state index in [1.165, 1.54) is 0 Å². The Morgan fingerprint density at radius 2 is 1.67 bits per heavy atom. The van der Waals surface area contributed by atoms with Gasteiger partial charge in [0.2, 0.25) is 10.0 Å². The van der Waals surface area contributed by atoms with Crippen LogP contribution in [0.2, 0.25) is 0 Å². The predicted octanol–water partition coefficient (Wildman–Crippen LogP) is 1.82. The fraction of sp³-hybridized carbons (Fsp3) is 0.400. The Labute approximate surface area is 139 Å². The van der Waals surface area contributed by atoms with Crippen LogP contribution in [0.15, 0.2) is 23.1 Å². The molecule has 1 aromatic carbocycles. The van der Waals surface area contributed by atoms with Crippen molar-refractivity contribution in [2.45, 2.75) is 18.7 Å². The molecule has 0 aliphatic carbocycles. The van der Waals surface area contributed by atoms with Crippen LogP contribution in [-0.2, 0) is 10.0 Å². The van der Waals surface area contributed by atoms with Gasteiger partial charge in [-0.25, -0.2) is 17.2 Å². The summed E-state index contributed by atoms with van der Waals surface area (Å²) < 4.78 is 53.9. The van der Waals surface area contributed by atoms with Gasteiger partial charge < -0.3 is 4.90 Å². The van der Waals surface area contributed by atoms with Gasteiger partial charge in [0.05, 0.1) is 17.1 Å². The van der Waals surface area contributed by atoms with E-state index in [2.05, 4.69) is 10.2 Å². The first-order chi connectivity index (χ1) is 11.3. The molecule has 1 fully saturated rings. The molecule has 6 nitrogen and oxygen atoms in total. The van der Waals surface area contributed by atoms with Gasteiger partial charge in [0.1, 0.15) is 11.6 Å². The highest BCUT2D eigenvalue weighted by Gasteiger charge is 2.33. The van der Waals surface area contributed by atoms with Crippen LogP contribution in [0, 0.1) is 25.5 Å². The van der Waals surface area contributed by atoms with Crippen molar-refractivity contribution < 1.29 is 17.2 Å². The van der Waals surface area contributed by atoms with Crippen molar-refractivity contribution in [3.8, 4) is 0 Å². The van der Waals surface area contributed by atoms with Gasteiger partial charge >= 0.3 is 0 Å². The molecule has 1 N–H and O–H groups in total. The van der Waals surface area contributed by atoms with E-state index < -0.39 is 26.6 Å². The van der Waals surface area contributed by atoms with Crippen molar-refractivity contribution in [2.75, 3.05) is 31.1 Å². The fourth-order valence-electron chi connectivity index (χ4n) is 3.02. The van der Waals surface area contributed by atoms with Crippen molar-refractivity contribution in [3.63, 3.8) is 0 Å². The van der Waals surface area contributed by atoms with Crippen molar-refractivity contribution in [3.05, 3.63) is 41.2 Å². The molecule has 9 heteroatoms. The largest absolute Gasteiger partial charge is 0.366 e. The highest BCUT2D eigenvalue weighted by atomic mass is 32.2. The average Bonchev–Trinajstić information content (AvgIpc) is 2.86. The number of aromatic amines is 1. The summed E-state index contributed by atoms with van der Waals surface area (Å²) in [5.74, 6) is -2.14. The summed E-state index contributed by atoms with van der Waals surface area (Å²) >= 11 is 0. The van der Waals surface area contributed by atoms with Gasteiger partial charge in [0.25, 0.3) is 0 Å². The number of aryl methyl sites for hydroxylation is 2. The van der Waals surface area contributed by atoms with Crippen LogP contribution in [0.1, 0.15) is 11.4 Å². The lowest BCUT2D eigenvalue weighted by Crippen LogP contribution is -2.49. The Bertz CT molecular complexity index is 819. The second-order valence-corrected chi connectivity index (χ2v) is 7.60. The van der Waals surface area contributed by atoms with E-state index in [1.54, 1.807) is 0 Å². The van der Waals surface area contributed by atoms with Gasteiger partial charge in [-0.05, 0) is 26.0 Å². The number of sulfonamides is 1. The maximum Gasteiger partial charge on any atom is 0.249 e. The Morgan fingerprint density at radius 1 is 1.08 bits per heavy atom. The smallest absolute Gasteiger partial charge is 0.249 e. The molecule has 2 heterocycles. The summed E-state index contributed by atoms with van der Waals surface area (Å²) in [6.45, 7) is 4.93. The number of hydrogen-bond acceptors (Lipinski definition) is 4. The zero-order valence-corrected chi connectivity index (χ0v) is 14.2. The second-order valence-electron chi connectivity index (χ2n) is 5.72. The molecule has 1 aliphatic heterocycles. The summed E-state index contributed by atoms with van der Waals surface area (Å²) in [5, 5.41) is 7.03. The zero-order chi connectivity index (χ0) is 17.5. The van der Waals surface area contributed by atoms with Crippen molar-refractivity contribution in [2.24, 2.45) is 0 Å². The molecule has 0 saturated carbocycles. The van der Waals surface area contributed by atoms with Gasteiger partial charge in [-0.3, -0.25) is 5.10 Å². The number of anilines is 1. The highest BCUT2D eigenvalue weighted by Crippen LogP contribution is 2.27. The fourth-order valence-corrected chi connectivity index (χ4v) is 4.55. The summed E-state index contributed by atoms with van der Waals surface area (Å²) in [6.07, 6.45) is 0. The first-order valence-corrected chi connectivity index (χ1v) is 8.97. The SMILES string of the molecule is Cc1n[nH]c(C)c1N1CCN(S(=O)(=O)c2c(F)cccc2F)CC1. The number of hydrogen-bond donors (Lipinski definition) is 1. The van der Waals surface area contributed by atoms with E-state index in [1.807, 2.05) is 18.7 Å². The molecule has 1 aliphatic rings. The van der Waals surface area contributed by atoms with Gasteiger partial charge in [0, 0.05) is 26.2 Å². The Balaban J connectivity index is 1.82. The van der Waals surface area contributed by atoms with Crippen LogP contribution in [0.4, 0.5) is 14.5 Å². The van der Waals surface area contributed by atoms with E-state index in [9.17, 15) is 17.2 Å². The Kier molecular flexibility index (Phi) is 4.31. The normalized spacial score (nSPS) is 16.6. The number of H-pyrrole nitrogens is 1. The minimum absolute atomic E-state index is 0.153. The Hall–Kier alpha value is -2.00. The van der Waals surface area contributed by atoms with Crippen LogP contribution in [0.3, 0.4) is 0 Å². The molecule has 0 bridgehead atoms. The number of piperazine rings is 1. The number of aromatic nitrogens is 2. The number of nitrogens with zero attached hydrogens (tertiary/aromatic N) is 3. The molecule has 1 saturated heterocycles. The average molecular weight is 356 g/mol.